The highest BCUT2D eigenvalue weighted by molar-refractivity contribution is 5.76. The van der Waals surface area contributed by atoms with Crippen molar-refractivity contribution >= 4 is 5.91 Å². The van der Waals surface area contributed by atoms with Crippen molar-refractivity contribution in [1.82, 2.24) is 5.32 Å². The summed E-state index contributed by atoms with van der Waals surface area (Å²) in [5.74, 6) is 0.630. The van der Waals surface area contributed by atoms with E-state index in [1.165, 1.54) is 0 Å². The van der Waals surface area contributed by atoms with Gasteiger partial charge >= 0.3 is 0 Å². The summed E-state index contributed by atoms with van der Waals surface area (Å²) in [5, 5.41) is 2.86. The standard InChI is InChI=1S/C10H22N2O/c1-4-8(2)7-10(13)12-6-5-9(3)11/h8-9H,4-7,11H2,1-3H3,(H,12,13). The maximum Gasteiger partial charge on any atom is 0.220 e. The zero-order valence-electron chi connectivity index (χ0n) is 8.97. The molecule has 0 aromatic heterocycles. The quantitative estimate of drug-likeness (QED) is 0.656. The molecule has 0 aromatic rings. The number of nitrogens with one attached hydrogen (secondary N) is 1. The van der Waals surface area contributed by atoms with Crippen LogP contribution in [-0.4, -0.2) is 18.5 Å². The molecular weight excluding hydrogens is 164 g/mol. The van der Waals surface area contributed by atoms with Gasteiger partial charge in [0, 0.05) is 19.0 Å². The van der Waals surface area contributed by atoms with Crippen LogP contribution in [0.4, 0.5) is 0 Å². The Morgan fingerprint density at radius 3 is 2.54 bits per heavy atom. The topological polar surface area (TPSA) is 55.1 Å². The van der Waals surface area contributed by atoms with E-state index in [2.05, 4.69) is 19.2 Å². The molecule has 0 saturated heterocycles. The van der Waals surface area contributed by atoms with Gasteiger partial charge in [0.15, 0.2) is 0 Å². The molecule has 0 saturated carbocycles. The van der Waals surface area contributed by atoms with E-state index in [1.54, 1.807) is 0 Å². The van der Waals surface area contributed by atoms with Crippen LogP contribution in [0.15, 0.2) is 0 Å². The van der Waals surface area contributed by atoms with Crippen LogP contribution in [0.1, 0.15) is 40.0 Å². The summed E-state index contributed by atoms with van der Waals surface area (Å²) in [4.78, 5) is 11.2. The number of amides is 1. The van der Waals surface area contributed by atoms with E-state index in [-0.39, 0.29) is 11.9 Å². The molecule has 0 rings (SSSR count). The van der Waals surface area contributed by atoms with Gasteiger partial charge in [-0.05, 0) is 19.3 Å². The van der Waals surface area contributed by atoms with Crippen LogP contribution >= 0.6 is 0 Å². The lowest BCUT2D eigenvalue weighted by Crippen LogP contribution is -2.29. The maximum absolute atomic E-state index is 11.2. The van der Waals surface area contributed by atoms with Crippen molar-refractivity contribution in [2.75, 3.05) is 6.54 Å². The second-order valence-corrected chi connectivity index (χ2v) is 3.83. The van der Waals surface area contributed by atoms with Gasteiger partial charge in [-0.1, -0.05) is 20.3 Å². The van der Waals surface area contributed by atoms with Crippen LogP contribution in [0.25, 0.3) is 0 Å². The van der Waals surface area contributed by atoms with Gasteiger partial charge in [0.25, 0.3) is 0 Å². The molecule has 0 spiro atoms. The summed E-state index contributed by atoms with van der Waals surface area (Å²) in [6.45, 7) is 6.83. The van der Waals surface area contributed by atoms with Crippen LogP contribution in [0.5, 0.6) is 0 Å². The third-order valence-electron chi connectivity index (χ3n) is 2.15. The molecule has 0 bridgehead atoms. The van der Waals surface area contributed by atoms with Crippen LogP contribution in [0.2, 0.25) is 0 Å². The molecule has 13 heavy (non-hydrogen) atoms. The lowest BCUT2D eigenvalue weighted by atomic mass is 10.1. The highest BCUT2D eigenvalue weighted by atomic mass is 16.1. The minimum atomic E-state index is 0.148. The van der Waals surface area contributed by atoms with Crippen LogP contribution in [0, 0.1) is 5.92 Å². The Morgan fingerprint density at radius 1 is 1.46 bits per heavy atom. The monoisotopic (exact) mass is 186 g/mol. The van der Waals surface area contributed by atoms with Crippen molar-refractivity contribution < 1.29 is 4.79 Å². The molecule has 0 heterocycles. The molecule has 0 aliphatic rings. The van der Waals surface area contributed by atoms with Gasteiger partial charge in [-0.2, -0.15) is 0 Å². The van der Waals surface area contributed by atoms with Gasteiger partial charge in [-0.3, -0.25) is 4.79 Å². The van der Waals surface area contributed by atoms with Gasteiger partial charge in [-0.25, -0.2) is 0 Å². The second-order valence-electron chi connectivity index (χ2n) is 3.83. The van der Waals surface area contributed by atoms with Gasteiger partial charge in [0.2, 0.25) is 5.91 Å². The Hall–Kier alpha value is -0.570. The predicted molar refractivity (Wildman–Crippen MR) is 55.3 cm³/mol. The Bertz CT molecular complexity index is 146. The highest BCUT2D eigenvalue weighted by Crippen LogP contribution is 2.05. The Kier molecular flexibility index (Phi) is 6.59. The summed E-state index contributed by atoms with van der Waals surface area (Å²) in [6.07, 6.45) is 2.54. The van der Waals surface area contributed by atoms with E-state index in [1.807, 2.05) is 6.92 Å². The van der Waals surface area contributed by atoms with Crippen LogP contribution in [-0.2, 0) is 4.79 Å². The Morgan fingerprint density at radius 2 is 2.08 bits per heavy atom. The molecule has 0 aromatic carbocycles. The first-order valence-electron chi connectivity index (χ1n) is 5.08. The van der Waals surface area contributed by atoms with Crippen LogP contribution in [0.3, 0.4) is 0 Å². The molecule has 2 atom stereocenters. The molecule has 2 unspecified atom stereocenters. The number of hydrogen-bond acceptors (Lipinski definition) is 2. The molecule has 0 radical (unpaired) electrons. The third-order valence-corrected chi connectivity index (χ3v) is 2.15. The van der Waals surface area contributed by atoms with E-state index < -0.39 is 0 Å². The minimum absolute atomic E-state index is 0.148. The minimum Gasteiger partial charge on any atom is -0.356 e. The number of nitrogens with two attached hydrogens (primary N) is 1. The molecule has 78 valence electrons. The Labute approximate surface area is 81.1 Å². The fraction of sp³-hybridized carbons (Fsp3) is 0.900. The first kappa shape index (κ1) is 12.4. The summed E-state index contributed by atoms with van der Waals surface area (Å²) in [5.41, 5.74) is 5.55. The molecule has 1 amide bonds. The van der Waals surface area contributed by atoms with Crippen molar-refractivity contribution in [3.63, 3.8) is 0 Å². The van der Waals surface area contributed by atoms with Crippen molar-refractivity contribution in [1.29, 1.82) is 0 Å². The van der Waals surface area contributed by atoms with E-state index in [0.29, 0.717) is 18.9 Å². The summed E-state index contributed by atoms with van der Waals surface area (Å²) in [6, 6.07) is 0.170. The number of rotatable bonds is 6. The zero-order chi connectivity index (χ0) is 10.3. The van der Waals surface area contributed by atoms with E-state index in [9.17, 15) is 4.79 Å². The summed E-state index contributed by atoms with van der Waals surface area (Å²) < 4.78 is 0. The number of carbonyl (C=O) groups excluding carboxylic acids is 1. The van der Waals surface area contributed by atoms with Gasteiger partial charge in [0.1, 0.15) is 0 Å². The fourth-order valence-corrected chi connectivity index (χ4v) is 0.972. The number of carbonyl (C=O) groups is 1. The predicted octanol–water partition coefficient (Wildman–Crippen LogP) is 1.28. The average molecular weight is 186 g/mol. The summed E-state index contributed by atoms with van der Waals surface area (Å²) >= 11 is 0. The van der Waals surface area contributed by atoms with Crippen molar-refractivity contribution in [3.8, 4) is 0 Å². The van der Waals surface area contributed by atoms with E-state index in [0.717, 1.165) is 12.8 Å². The highest BCUT2D eigenvalue weighted by Gasteiger charge is 2.06. The molecule has 3 heteroatoms. The Balaban J connectivity index is 3.41. The molecule has 0 fully saturated rings. The lowest BCUT2D eigenvalue weighted by molar-refractivity contribution is -0.121. The third kappa shape index (κ3) is 7.78. The van der Waals surface area contributed by atoms with Crippen molar-refractivity contribution in [2.24, 2.45) is 11.7 Å². The first-order chi connectivity index (χ1) is 6.06. The smallest absolute Gasteiger partial charge is 0.220 e. The van der Waals surface area contributed by atoms with E-state index >= 15 is 0 Å². The van der Waals surface area contributed by atoms with Gasteiger partial charge in [-0.15, -0.1) is 0 Å². The SMILES string of the molecule is CCC(C)CC(=O)NCCC(C)N. The molecule has 3 nitrogen and oxygen atoms in total. The van der Waals surface area contributed by atoms with Crippen molar-refractivity contribution in [3.05, 3.63) is 0 Å². The zero-order valence-corrected chi connectivity index (χ0v) is 8.97. The number of hydrogen-bond donors (Lipinski definition) is 2. The van der Waals surface area contributed by atoms with Gasteiger partial charge in [0.05, 0.1) is 0 Å². The van der Waals surface area contributed by atoms with Gasteiger partial charge < -0.3 is 11.1 Å². The first-order valence-corrected chi connectivity index (χ1v) is 5.08. The molecule has 0 aliphatic heterocycles. The summed E-state index contributed by atoms with van der Waals surface area (Å²) in [7, 11) is 0. The molecular formula is C10H22N2O. The largest absolute Gasteiger partial charge is 0.356 e. The maximum atomic E-state index is 11.2. The molecule has 0 aliphatic carbocycles. The van der Waals surface area contributed by atoms with E-state index in [4.69, 9.17) is 5.73 Å². The van der Waals surface area contributed by atoms with Crippen LogP contribution < -0.4 is 11.1 Å². The van der Waals surface area contributed by atoms with Crippen molar-refractivity contribution in [2.45, 2.75) is 46.1 Å². The molecule has 3 N–H and O–H groups in total. The normalized spacial score (nSPS) is 15.1. The second kappa shape index (κ2) is 6.89. The average Bonchev–Trinajstić information content (AvgIpc) is 2.03. The fourth-order valence-electron chi connectivity index (χ4n) is 0.972. The lowest BCUT2D eigenvalue weighted by Gasteiger charge is -2.10.